The molecule has 0 N–H and O–H groups in total. The van der Waals surface area contributed by atoms with Gasteiger partial charge in [-0.1, -0.05) is 0 Å². The number of rotatable bonds is 3. The van der Waals surface area contributed by atoms with Crippen LogP contribution in [0, 0.1) is 0 Å². The van der Waals surface area contributed by atoms with E-state index >= 15 is 0 Å². The Bertz CT molecular complexity index is 624. The Balaban J connectivity index is 1.68. The second kappa shape index (κ2) is 5.87. The molecule has 0 saturated carbocycles. The molecule has 0 aromatic carbocycles. The number of aromatic nitrogens is 2. The molecule has 2 aromatic heterocycles. The Morgan fingerprint density at radius 2 is 2.45 bits per heavy atom. The van der Waals surface area contributed by atoms with Crippen LogP contribution in [0.15, 0.2) is 34.7 Å². The number of aryl methyl sites for hydroxylation is 1. The molecule has 20 heavy (non-hydrogen) atoms. The summed E-state index contributed by atoms with van der Waals surface area (Å²) >= 11 is 1.63. The molecule has 1 aliphatic heterocycles. The van der Waals surface area contributed by atoms with Crippen LogP contribution in [0.2, 0.25) is 0 Å². The van der Waals surface area contributed by atoms with Crippen LogP contribution in [0.4, 0.5) is 0 Å². The number of nitrogens with zero attached hydrogens (tertiary/aromatic N) is 3. The van der Waals surface area contributed by atoms with Crippen LogP contribution < -0.4 is 5.56 Å². The number of morpholine rings is 1. The van der Waals surface area contributed by atoms with E-state index in [-0.39, 0.29) is 11.7 Å². The first-order chi connectivity index (χ1) is 9.72. The van der Waals surface area contributed by atoms with Crippen LogP contribution in [0.5, 0.6) is 0 Å². The van der Waals surface area contributed by atoms with Gasteiger partial charge in [0.2, 0.25) is 0 Å². The van der Waals surface area contributed by atoms with Crippen LogP contribution in [0.1, 0.15) is 16.7 Å². The third-order valence-corrected chi connectivity index (χ3v) is 4.32. The van der Waals surface area contributed by atoms with E-state index in [0.717, 1.165) is 30.2 Å². The maximum atomic E-state index is 11.6. The fraction of sp³-hybridized carbons (Fsp3) is 0.429. The molecule has 0 bridgehead atoms. The van der Waals surface area contributed by atoms with Gasteiger partial charge in [-0.05, 0) is 11.6 Å². The number of hydrogen-bond donors (Lipinski definition) is 0. The van der Waals surface area contributed by atoms with E-state index in [1.165, 1.54) is 0 Å². The van der Waals surface area contributed by atoms with Crippen molar-refractivity contribution in [2.75, 3.05) is 19.7 Å². The third kappa shape index (κ3) is 2.98. The first kappa shape index (κ1) is 13.5. The Kier molecular flexibility index (Phi) is 3.95. The Morgan fingerprint density at radius 3 is 3.20 bits per heavy atom. The summed E-state index contributed by atoms with van der Waals surface area (Å²) in [5.74, 6) is 0. The molecule has 1 unspecified atom stereocenters. The predicted octanol–water partition coefficient (Wildman–Crippen LogP) is 1.42. The van der Waals surface area contributed by atoms with Crippen molar-refractivity contribution < 1.29 is 4.74 Å². The van der Waals surface area contributed by atoms with E-state index in [1.807, 2.05) is 23.8 Å². The van der Waals surface area contributed by atoms with Crippen LogP contribution in [0.3, 0.4) is 0 Å². The molecule has 6 heteroatoms. The quantitative estimate of drug-likeness (QED) is 0.858. The van der Waals surface area contributed by atoms with Crippen molar-refractivity contribution >= 4 is 11.3 Å². The van der Waals surface area contributed by atoms with Gasteiger partial charge in [0.25, 0.3) is 5.56 Å². The van der Waals surface area contributed by atoms with E-state index < -0.39 is 0 Å². The highest BCUT2D eigenvalue weighted by molar-refractivity contribution is 7.09. The minimum Gasteiger partial charge on any atom is -0.368 e. The van der Waals surface area contributed by atoms with Gasteiger partial charge in [0, 0.05) is 50.5 Å². The topological polar surface area (TPSA) is 47.4 Å². The highest BCUT2D eigenvalue weighted by Gasteiger charge is 2.23. The number of thiazole rings is 1. The van der Waals surface area contributed by atoms with Gasteiger partial charge in [-0.25, -0.2) is 4.98 Å². The zero-order chi connectivity index (χ0) is 13.9. The Hall–Kier alpha value is -1.50. The lowest BCUT2D eigenvalue weighted by Gasteiger charge is -2.31. The minimum atomic E-state index is 0.0345. The summed E-state index contributed by atoms with van der Waals surface area (Å²) in [5.41, 5.74) is 1.08. The molecule has 1 aliphatic rings. The van der Waals surface area contributed by atoms with E-state index in [9.17, 15) is 4.79 Å². The van der Waals surface area contributed by atoms with Gasteiger partial charge in [0.15, 0.2) is 0 Å². The lowest BCUT2D eigenvalue weighted by atomic mass is 10.2. The molecule has 1 saturated heterocycles. The van der Waals surface area contributed by atoms with Gasteiger partial charge in [0.1, 0.15) is 11.1 Å². The zero-order valence-electron chi connectivity index (χ0n) is 11.4. The summed E-state index contributed by atoms with van der Waals surface area (Å²) in [6.45, 7) is 3.19. The molecule has 106 valence electrons. The van der Waals surface area contributed by atoms with Crippen molar-refractivity contribution in [3.8, 4) is 0 Å². The summed E-state index contributed by atoms with van der Waals surface area (Å²) in [6.07, 6.45) is 3.68. The molecule has 0 radical (unpaired) electrons. The van der Waals surface area contributed by atoms with Gasteiger partial charge >= 0.3 is 0 Å². The monoisotopic (exact) mass is 291 g/mol. The normalized spacial score (nSPS) is 20.1. The van der Waals surface area contributed by atoms with Crippen molar-refractivity contribution in [3.05, 3.63) is 50.8 Å². The maximum absolute atomic E-state index is 11.6. The van der Waals surface area contributed by atoms with E-state index in [0.29, 0.717) is 6.61 Å². The van der Waals surface area contributed by atoms with Gasteiger partial charge in [-0.3, -0.25) is 9.69 Å². The molecule has 2 aromatic rings. The zero-order valence-corrected chi connectivity index (χ0v) is 12.2. The van der Waals surface area contributed by atoms with Gasteiger partial charge < -0.3 is 9.30 Å². The van der Waals surface area contributed by atoms with E-state index in [2.05, 4.69) is 9.88 Å². The number of hydrogen-bond acceptors (Lipinski definition) is 5. The molecule has 0 aliphatic carbocycles. The lowest BCUT2D eigenvalue weighted by molar-refractivity contribution is -0.0330. The molecule has 0 amide bonds. The second-order valence-corrected chi connectivity index (χ2v) is 5.88. The Morgan fingerprint density at radius 1 is 1.55 bits per heavy atom. The van der Waals surface area contributed by atoms with Gasteiger partial charge in [-0.15, -0.1) is 11.3 Å². The Labute approximate surface area is 121 Å². The fourth-order valence-corrected chi connectivity index (χ4v) is 3.01. The first-order valence-electron chi connectivity index (χ1n) is 6.61. The van der Waals surface area contributed by atoms with Crippen molar-refractivity contribution in [1.82, 2.24) is 14.5 Å². The van der Waals surface area contributed by atoms with Gasteiger partial charge in [-0.2, -0.15) is 0 Å². The maximum Gasteiger partial charge on any atom is 0.250 e. The van der Waals surface area contributed by atoms with Crippen LogP contribution in [-0.2, 0) is 18.3 Å². The van der Waals surface area contributed by atoms with Crippen molar-refractivity contribution in [3.63, 3.8) is 0 Å². The standard InChI is InChI=1S/C14H17N3O2S/c1-16-4-2-11(8-13(16)18)9-17-5-6-19-12(10-17)14-15-3-7-20-14/h2-4,7-8,12H,5-6,9-10H2,1H3. The molecule has 1 atom stereocenters. The molecule has 0 spiro atoms. The molecule has 3 heterocycles. The average molecular weight is 291 g/mol. The SMILES string of the molecule is Cn1ccc(CN2CCOC(c3nccs3)C2)cc1=O. The van der Waals surface area contributed by atoms with Crippen molar-refractivity contribution in [1.29, 1.82) is 0 Å². The summed E-state index contributed by atoms with van der Waals surface area (Å²) < 4.78 is 7.36. The lowest BCUT2D eigenvalue weighted by Crippen LogP contribution is -2.38. The minimum absolute atomic E-state index is 0.0345. The number of ether oxygens (including phenoxy) is 1. The van der Waals surface area contributed by atoms with E-state index in [1.54, 1.807) is 29.0 Å². The van der Waals surface area contributed by atoms with Crippen LogP contribution in [0.25, 0.3) is 0 Å². The highest BCUT2D eigenvalue weighted by atomic mass is 32.1. The predicted molar refractivity (Wildman–Crippen MR) is 77.8 cm³/mol. The van der Waals surface area contributed by atoms with Crippen LogP contribution in [-0.4, -0.2) is 34.1 Å². The molecule has 5 nitrogen and oxygen atoms in total. The first-order valence-corrected chi connectivity index (χ1v) is 7.49. The molecule has 3 rings (SSSR count). The smallest absolute Gasteiger partial charge is 0.250 e. The molecule has 1 fully saturated rings. The number of pyridine rings is 1. The summed E-state index contributed by atoms with van der Waals surface area (Å²) in [4.78, 5) is 18.3. The van der Waals surface area contributed by atoms with E-state index in [4.69, 9.17) is 4.74 Å². The van der Waals surface area contributed by atoms with Crippen LogP contribution >= 0.6 is 11.3 Å². The average Bonchev–Trinajstić information content (AvgIpc) is 2.97. The summed E-state index contributed by atoms with van der Waals surface area (Å²) in [5, 5.41) is 3.00. The summed E-state index contributed by atoms with van der Waals surface area (Å²) in [6, 6.07) is 3.70. The summed E-state index contributed by atoms with van der Waals surface area (Å²) in [7, 11) is 1.76. The fourth-order valence-electron chi connectivity index (χ4n) is 2.34. The molecular weight excluding hydrogens is 274 g/mol. The van der Waals surface area contributed by atoms with Gasteiger partial charge in [0.05, 0.1) is 6.61 Å². The van der Waals surface area contributed by atoms with Crippen molar-refractivity contribution in [2.24, 2.45) is 7.05 Å². The van der Waals surface area contributed by atoms with Crippen molar-refractivity contribution in [2.45, 2.75) is 12.6 Å². The third-order valence-electron chi connectivity index (χ3n) is 3.45. The largest absolute Gasteiger partial charge is 0.368 e. The second-order valence-electron chi connectivity index (χ2n) is 4.95. The highest BCUT2D eigenvalue weighted by Crippen LogP contribution is 2.24. The molecular formula is C14H17N3O2S.